The Morgan fingerprint density at radius 1 is 1.15 bits per heavy atom. The third-order valence-corrected chi connectivity index (χ3v) is 2.17. The molecular formula is C7H10ClN5. The van der Waals surface area contributed by atoms with Crippen LogP contribution in [-0.4, -0.2) is 28.0 Å². The van der Waals surface area contributed by atoms with Crippen LogP contribution in [0, 0.1) is 0 Å². The van der Waals surface area contributed by atoms with Crippen LogP contribution in [0.25, 0.3) is 0 Å². The summed E-state index contributed by atoms with van der Waals surface area (Å²) in [4.78, 5) is 13.8. The Kier molecular flexibility index (Phi) is 2.18. The predicted molar refractivity (Wildman–Crippen MR) is 50.7 cm³/mol. The Morgan fingerprint density at radius 2 is 1.85 bits per heavy atom. The molecule has 0 saturated carbocycles. The zero-order valence-electron chi connectivity index (χ0n) is 7.07. The number of nitrogens with two attached hydrogens (primary N) is 1. The molecule has 1 aliphatic heterocycles. The molecule has 0 spiro atoms. The summed E-state index contributed by atoms with van der Waals surface area (Å²) < 4.78 is 0. The molecule has 0 amide bonds. The first kappa shape index (κ1) is 8.50. The minimum Gasteiger partial charge on any atom is -0.368 e. The van der Waals surface area contributed by atoms with Crippen molar-refractivity contribution in [3.8, 4) is 0 Å². The van der Waals surface area contributed by atoms with Crippen molar-refractivity contribution in [2.75, 3.05) is 23.7 Å². The van der Waals surface area contributed by atoms with Crippen LogP contribution in [0.15, 0.2) is 0 Å². The number of rotatable bonds is 1. The molecule has 1 aromatic heterocycles. The molecule has 2 heterocycles. The highest BCUT2D eigenvalue weighted by atomic mass is 35.5. The summed E-state index contributed by atoms with van der Waals surface area (Å²) in [7, 11) is 0. The van der Waals surface area contributed by atoms with Crippen LogP contribution in [0.3, 0.4) is 0 Å². The normalized spacial score (nSPS) is 16.5. The quantitative estimate of drug-likeness (QED) is 0.722. The molecule has 1 saturated heterocycles. The van der Waals surface area contributed by atoms with Crippen molar-refractivity contribution in [1.82, 2.24) is 15.0 Å². The van der Waals surface area contributed by atoms with Gasteiger partial charge in [-0.15, -0.1) is 0 Å². The smallest absolute Gasteiger partial charge is 0.231 e. The summed E-state index contributed by atoms with van der Waals surface area (Å²) in [6, 6.07) is 0. The fourth-order valence-corrected chi connectivity index (χ4v) is 1.58. The minimum atomic E-state index is 0.161. The molecule has 0 aromatic carbocycles. The van der Waals surface area contributed by atoms with E-state index in [9.17, 15) is 0 Å². The van der Waals surface area contributed by atoms with E-state index < -0.39 is 0 Å². The van der Waals surface area contributed by atoms with Crippen LogP contribution < -0.4 is 10.6 Å². The van der Waals surface area contributed by atoms with Crippen molar-refractivity contribution >= 4 is 23.5 Å². The monoisotopic (exact) mass is 199 g/mol. The van der Waals surface area contributed by atoms with Crippen LogP contribution >= 0.6 is 11.6 Å². The molecular weight excluding hydrogens is 190 g/mol. The topological polar surface area (TPSA) is 67.9 Å². The van der Waals surface area contributed by atoms with Crippen molar-refractivity contribution in [3.63, 3.8) is 0 Å². The third-order valence-electron chi connectivity index (χ3n) is 2.00. The second kappa shape index (κ2) is 3.33. The standard InChI is InChI=1S/C7H10ClN5/c8-5-10-6(9)12-7(11-5)13-3-1-2-4-13/h1-4H2,(H2,9,10,11,12). The maximum atomic E-state index is 5.66. The predicted octanol–water partition coefficient (Wildman–Crippen LogP) is 0.707. The molecule has 70 valence electrons. The van der Waals surface area contributed by atoms with Gasteiger partial charge in [-0.2, -0.15) is 15.0 Å². The number of halogens is 1. The Labute approximate surface area is 80.9 Å². The maximum absolute atomic E-state index is 5.66. The Hall–Kier alpha value is -1.10. The summed E-state index contributed by atoms with van der Waals surface area (Å²) in [5, 5.41) is 0.161. The molecule has 13 heavy (non-hydrogen) atoms. The highest BCUT2D eigenvalue weighted by Crippen LogP contribution is 2.17. The van der Waals surface area contributed by atoms with Gasteiger partial charge in [0.15, 0.2) is 0 Å². The van der Waals surface area contributed by atoms with E-state index in [1.165, 1.54) is 12.8 Å². The molecule has 0 bridgehead atoms. The van der Waals surface area contributed by atoms with Crippen molar-refractivity contribution in [1.29, 1.82) is 0 Å². The molecule has 0 atom stereocenters. The summed E-state index contributed by atoms with van der Waals surface area (Å²) in [5.41, 5.74) is 5.45. The number of hydrogen-bond acceptors (Lipinski definition) is 5. The number of hydrogen-bond donors (Lipinski definition) is 1. The van der Waals surface area contributed by atoms with Gasteiger partial charge in [0, 0.05) is 13.1 Å². The molecule has 2 N–H and O–H groups in total. The summed E-state index contributed by atoms with van der Waals surface area (Å²) in [6.07, 6.45) is 2.34. The van der Waals surface area contributed by atoms with Crippen LogP contribution in [0.2, 0.25) is 5.28 Å². The van der Waals surface area contributed by atoms with Crippen LogP contribution in [0.4, 0.5) is 11.9 Å². The lowest BCUT2D eigenvalue weighted by atomic mass is 10.4. The molecule has 6 heteroatoms. The van der Waals surface area contributed by atoms with E-state index in [1.807, 2.05) is 0 Å². The number of anilines is 2. The number of nitrogen functional groups attached to an aromatic ring is 1. The van der Waals surface area contributed by atoms with Gasteiger partial charge in [0.2, 0.25) is 17.2 Å². The third kappa shape index (κ3) is 1.80. The van der Waals surface area contributed by atoms with E-state index in [2.05, 4.69) is 19.9 Å². The van der Waals surface area contributed by atoms with E-state index in [0.29, 0.717) is 5.95 Å². The SMILES string of the molecule is Nc1nc(Cl)nc(N2CCCC2)n1. The van der Waals surface area contributed by atoms with Crippen LogP contribution in [0.5, 0.6) is 0 Å². The fourth-order valence-electron chi connectivity index (χ4n) is 1.41. The first-order valence-corrected chi connectivity index (χ1v) is 4.55. The average molecular weight is 200 g/mol. The van der Waals surface area contributed by atoms with Crippen molar-refractivity contribution < 1.29 is 0 Å². The minimum absolute atomic E-state index is 0.161. The first-order chi connectivity index (χ1) is 6.25. The largest absolute Gasteiger partial charge is 0.368 e. The molecule has 0 unspecified atom stereocenters. The van der Waals surface area contributed by atoms with E-state index in [-0.39, 0.29) is 11.2 Å². The van der Waals surface area contributed by atoms with Crippen molar-refractivity contribution in [3.05, 3.63) is 5.28 Å². The zero-order valence-corrected chi connectivity index (χ0v) is 7.83. The Morgan fingerprint density at radius 3 is 2.46 bits per heavy atom. The number of aromatic nitrogens is 3. The lowest BCUT2D eigenvalue weighted by Gasteiger charge is -2.14. The maximum Gasteiger partial charge on any atom is 0.231 e. The van der Waals surface area contributed by atoms with Gasteiger partial charge in [0.05, 0.1) is 0 Å². The average Bonchev–Trinajstić information content (AvgIpc) is 2.53. The summed E-state index contributed by atoms with van der Waals surface area (Å²) >= 11 is 5.66. The van der Waals surface area contributed by atoms with Gasteiger partial charge in [-0.25, -0.2) is 0 Å². The second-order valence-corrected chi connectivity index (χ2v) is 3.29. The highest BCUT2D eigenvalue weighted by molar-refractivity contribution is 6.28. The van der Waals surface area contributed by atoms with Crippen LogP contribution in [-0.2, 0) is 0 Å². The fraction of sp³-hybridized carbons (Fsp3) is 0.571. The van der Waals surface area contributed by atoms with E-state index >= 15 is 0 Å². The van der Waals surface area contributed by atoms with Gasteiger partial charge >= 0.3 is 0 Å². The lowest BCUT2D eigenvalue weighted by Crippen LogP contribution is -2.21. The van der Waals surface area contributed by atoms with Gasteiger partial charge in [-0.1, -0.05) is 0 Å². The van der Waals surface area contributed by atoms with Crippen molar-refractivity contribution in [2.24, 2.45) is 0 Å². The molecule has 1 aromatic rings. The highest BCUT2D eigenvalue weighted by Gasteiger charge is 2.15. The van der Waals surface area contributed by atoms with Gasteiger partial charge in [0.1, 0.15) is 0 Å². The number of nitrogens with zero attached hydrogens (tertiary/aromatic N) is 4. The van der Waals surface area contributed by atoms with Crippen molar-refractivity contribution in [2.45, 2.75) is 12.8 Å². The second-order valence-electron chi connectivity index (χ2n) is 2.96. The molecule has 2 rings (SSSR count). The Balaban J connectivity index is 2.28. The molecule has 0 radical (unpaired) electrons. The summed E-state index contributed by atoms with van der Waals surface area (Å²) in [5.74, 6) is 0.775. The lowest BCUT2D eigenvalue weighted by molar-refractivity contribution is 0.884. The molecule has 5 nitrogen and oxygen atoms in total. The van der Waals surface area contributed by atoms with Gasteiger partial charge < -0.3 is 10.6 Å². The molecule has 1 fully saturated rings. The van der Waals surface area contributed by atoms with E-state index in [1.54, 1.807) is 0 Å². The van der Waals surface area contributed by atoms with E-state index in [0.717, 1.165) is 13.1 Å². The van der Waals surface area contributed by atoms with Gasteiger partial charge in [-0.05, 0) is 24.4 Å². The summed E-state index contributed by atoms with van der Waals surface area (Å²) in [6.45, 7) is 1.94. The first-order valence-electron chi connectivity index (χ1n) is 4.18. The van der Waals surface area contributed by atoms with Gasteiger partial charge in [-0.3, -0.25) is 0 Å². The van der Waals surface area contributed by atoms with Gasteiger partial charge in [0.25, 0.3) is 0 Å². The zero-order chi connectivity index (χ0) is 9.26. The Bertz CT molecular complexity index is 290. The van der Waals surface area contributed by atoms with E-state index in [4.69, 9.17) is 17.3 Å². The molecule has 0 aliphatic carbocycles. The molecule has 1 aliphatic rings. The van der Waals surface area contributed by atoms with Crippen LogP contribution in [0.1, 0.15) is 12.8 Å².